The van der Waals surface area contributed by atoms with Crippen LogP contribution in [0.1, 0.15) is 31.5 Å². The Labute approximate surface area is 105 Å². The van der Waals surface area contributed by atoms with Crippen molar-refractivity contribution in [2.45, 2.75) is 25.7 Å². The summed E-state index contributed by atoms with van der Waals surface area (Å²) >= 11 is 0. The van der Waals surface area contributed by atoms with Crippen LogP contribution in [0, 0.1) is 0 Å². The number of nitrogens with zero attached hydrogens (tertiary/aromatic N) is 3. The van der Waals surface area contributed by atoms with E-state index in [1.54, 1.807) is 16.5 Å². The maximum absolute atomic E-state index is 11.9. The highest BCUT2D eigenvalue weighted by molar-refractivity contribution is 5.37. The number of hydrogen-bond donors (Lipinski definition) is 1. The van der Waals surface area contributed by atoms with Gasteiger partial charge in [-0.2, -0.15) is 5.10 Å². The fraction of sp³-hybridized carbons (Fsp3) is 0.538. The van der Waals surface area contributed by atoms with Gasteiger partial charge in [-0.15, -0.1) is 0 Å². The topological polar surface area (TPSA) is 53.4 Å². The lowest BCUT2D eigenvalue weighted by Crippen LogP contribution is -2.35. The van der Waals surface area contributed by atoms with Crippen molar-refractivity contribution < 1.29 is 0 Å². The molecule has 1 atom stereocenters. The van der Waals surface area contributed by atoms with E-state index in [0.717, 1.165) is 37.5 Å². The number of aromatic amines is 1. The summed E-state index contributed by atoms with van der Waals surface area (Å²) in [4.78, 5) is 14.4. The number of fused-ring (bicyclic) bond motifs is 1. The van der Waals surface area contributed by atoms with E-state index in [0.29, 0.717) is 5.92 Å². The van der Waals surface area contributed by atoms with Gasteiger partial charge in [0.1, 0.15) is 11.5 Å². The molecule has 0 bridgehead atoms. The molecule has 0 radical (unpaired) electrons. The Morgan fingerprint density at radius 1 is 1.50 bits per heavy atom. The Morgan fingerprint density at radius 3 is 3.22 bits per heavy atom. The molecule has 2 aromatic heterocycles. The van der Waals surface area contributed by atoms with Gasteiger partial charge in [-0.3, -0.25) is 9.89 Å². The molecule has 3 rings (SSSR count). The van der Waals surface area contributed by atoms with Crippen LogP contribution in [0.4, 0.5) is 0 Å². The van der Waals surface area contributed by atoms with Crippen LogP contribution in [-0.2, 0) is 0 Å². The summed E-state index contributed by atoms with van der Waals surface area (Å²) in [5.41, 5.74) is 0.788. The SMILES string of the molecule is CCN1CCCC(c2n[nH]c3cccc(=O)n23)C1. The molecule has 0 spiro atoms. The first kappa shape index (κ1) is 11.5. The first-order valence-electron chi connectivity index (χ1n) is 6.58. The number of aromatic nitrogens is 3. The van der Waals surface area contributed by atoms with Crippen LogP contribution >= 0.6 is 0 Å². The van der Waals surface area contributed by atoms with Crippen molar-refractivity contribution in [3.8, 4) is 0 Å². The van der Waals surface area contributed by atoms with E-state index in [9.17, 15) is 4.79 Å². The maximum atomic E-state index is 11.9. The molecule has 2 aromatic rings. The third kappa shape index (κ3) is 1.84. The first-order valence-corrected chi connectivity index (χ1v) is 6.58. The zero-order valence-electron chi connectivity index (χ0n) is 10.6. The summed E-state index contributed by atoms with van der Waals surface area (Å²) in [6.07, 6.45) is 2.28. The highest BCUT2D eigenvalue weighted by atomic mass is 16.1. The molecule has 0 amide bonds. The van der Waals surface area contributed by atoms with Crippen LogP contribution in [0.25, 0.3) is 5.65 Å². The van der Waals surface area contributed by atoms with Crippen LogP contribution in [0.3, 0.4) is 0 Å². The van der Waals surface area contributed by atoms with Crippen LogP contribution in [0.2, 0.25) is 0 Å². The Balaban J connectivity index is 2.01. The third-order valence-corrected chi connectivity index (χ3v) is 3.79. The average molecular weight is 246 g/mol. The van der Waals surface area contributed by atoms with E-state index in [-0.39, 0.29) is 5.56 Å². The van der Waals surface area contributed by atoms with E-state index >= 15 is 0 Å². The number of nitrogens with one attached hydrogen (secondary N) is 1. The van der Waals surface area contributed by atoms with Crippen LogP contribution in [0.5, 0.6) is 0 Å². The summed E-state index contributed by atoms with van der Waals surface area (Å²) in [6, 6.07) is 5.24. The fourth-order valence-corrected chi connectivity index (χ4v) is 2.80. The molecule has 1 aliphatic rings. The largest absolute Gasteiger partial charge is 0.303 e. The first-order chi connectivity index (χ1) is 8.79. The van der Waals surface area contributed by atoms with Gasteiger partial charge in [0.15, 0.2) is 0 Å². The molecule has 96 valence electrons. The average Bonchev–Trinajstić information content (AvgIpc) is 2.84. The number of H-pyrrole nitrogens is 1. The predicted octanol–water partition coefficient (Wildman–Crippen LogP) is 1.22. The van der Waals surface area contributed by atoms with E-state index in [2.05, 4.69) is 22.0 Å². The van der Waals surface area contributed by atoms with Gasteiger partial charge in [-0.1, -0.05) is 13.0 Å². The van der Waals surface area contributed by atoms with Gasteiger partial charge < -0.3 is 4.90 Å². The Morgan fingerprint density at radius 2 is 2.39 bits per heavy atom. The quantitative estimate of drug-likeness (QED) is 0.867. The second-order valence-electron chi connectivity index (χ2n) is 4.90. The summed E-state index contributed by atoms with van der Waals surface area (Å²) in [6.45, 7) is 5.40. The molecule has 5 heteroatoms. The van der Waals surface area contributed by atoms with E-state index in [1.807, 2.05) is 6.07 Å². The summed E-state index contributed by atoms with van der Waals surface area (Å²) in [5.74, 6) is 1.24. The smallest absolute Gasteiger partial charge is 0.257 e. The van der Waals surface area contributed by atoms with Crippen molar-refractivity contribution in [1.29, 1.82) is 0 Å². The highest BCUT2D eigenvalue weighted by Crippen LogP contribution is 2.25. The Kier molecular flexibility index (Phi) is 2.91. The summed E-state index contributed by atoms with van der Waals surface area (Å²) in [5, 5.41) is 7.31. The molecular formula is C13H18N4O. The number of pyridine rings is 1. The fourth-order valence-electron chi connectivity index (χ4n) is 2.80. The minimum atomic E-state index is 0.00451. The number of hydrogen-bond acceptors (Lipinski definition) is 3. The van der Waals surface area contributed by atoms with E-state index in [4.69, 9.17) is 0 Å². The van der Waals surface area contributed by atoms with Crippen molar-refractivity contribution in [2.75, 3.05) is 19.6 Å². The molecule has 1 unspecified atom stereocenters. The molecule has 0 saturated carbocycles. The van der Waals surface area contributed by atoms with Crippen molar-refractivity contribution in [1.82, 2.24) is 19.5 Å². The van der Waals surface area contributed by atoms with Crippen molar-refractivity contribution in [3.63, 3.8) is 0 Å². The van der Waals surface area contributed by atoms with Gasteiger partial charge in [0, 0.05) is 18.5 Å². The second-order valence-corrected chi connectivity index (χ2v) is 4.90. The lowest BCUT2D eigenvalue weighted by Gasteiger charge is -2.30. The van der Waals surface area contributed by atoms with Gasteiger partial charge in [-0.25, -0.2) is 4.40 Å². The van der Waals surface area contributed by atoms with Gasteiger partial charge in [0.05, 0.1) is 0 Å². The van der Waals surface area contributed by atoms with E-state index < -0.39 is 0 Å². The van der Waals surface area contributed by atoms with Crippen molar-refractivity contribution >= 4 is 5.65 Å². The van der Waals surface area contributed by atoms with Gasteiger partial charge >= 0.3 is 0 Å². The molecule has 1 fully saturated rings. The van der Waals surface area contributed by atoms with Crippen LogP contribution in [-0.4, -0.2) is 39.1 Å². The number of likely N-dealkylation sites (N-methyl/N-ethyl adjacent to an activating group) is 1. The van der Waals surface area contributed by atoms with Crippen molar-refractivity contribution in [2.24, 2.45) is 0 Å². The summed E-state index contributed by atoms with van der Waals surface area (Å²) < 4.78 is 1.71. The third-order valence-electron chi connectivity index (χ3n) is 3.79. The van der Waals surface area contributed by atoms with E-state index in [1.165, 1.54) is 6.42 Å². The van der Waals surface area contributed by atoms with Crippen LogP contribution in [0.15, 0.2) is 23.0 Å². The normalized spacial score (nSPS) is 21.5. The molecule has 3 heterocycles. The van der Waals surface area contributed by atoms with Crippen LogP contribution < -0.4 is 5.56 Å². The summed E-state index contributed by atoms with van der Waals surface area (Å²) in [7, 11) is 0. The number of piperidine rings is 1. The maximum Gasteiger partial charge on any atom is 0.257 e. The monoisotopic (exact) mass is 246 g/mol. The lowest BCUT2D eigenvalue weighted by atomic mass is 9.97. The minimum absolute atomic E-state index is 0.00451. The Bertz CT molecular complexity index is 600. The highest BCUT2D eigenvalue weighted by Gasteiger charge is 2.24. The standard InChI is InChI=1S/C13H18N4O/c1-2-16-8-4-5-10(9-16)13-15-14-11-6-3-7-12(18)17(11)13/h3,6-7,10,14H,2,4-5,8-9H2,1H3. The molecule has 1 aliphatic heterocycles. The number of rotatable bonds is 2. The van der Waals surface area contributed by atoms with Gasteiger partial charge in [0.25, 0.3) is 5.56 Å². The molecule has 5 nitrogen and oxygen atoms in total. The molecule has 1 N–H and O–H groups in total. The minimum Gasteiger partial charge on any atom is -0.303 e. The molecule has 18 heavy (non-hydrogen) atoms. The number of likely N-dealkylation sites (tertiary alicyclic amines) is 1. The molecule has 0 aromatic carbocycles. The van der Waals surface area contributed by atoms with Gasteiger partial charge in [-0.05, 0) is 32.0 Å². The van der Waals surface area contributed by atoms with Crippen molar-refractivity contribution in [3.05, 3.63) is 34.4 Å². The zero-order valence-corrected chi connectivity index (χ0v) is 10.6. The van der Waals surface area contributed by atoms with Gasteiger partial charge in [0.2, 0.25) is 0 Å². The molecular weight excluding hydrogens is 228 g/mol. The molecule has 1 saturated heterocycles. The lowest BCUT2D eigenvalue weighted by molar-refractivity contribution is 0.213. The second kappa shape index (κ2) is 4.57. The molecule has 0 aliphatic carbocycles. The Hall–Kier alpha value is -1.62. The predicted molar refractivity (Wildman–Crippen MR) is 69.9 cm³/mol. The zero-order chi connectivity index (χ0) is 12.5.